The largest absolute Gasteiger partial charge is 0.326 e. The van der Waals surface area contributed by atoms with Crippen LogP contribution in [0, 0.1) is 5.92 Å². The third kappa shape index (κ3) is 2.21. The van der Waals surface area contributed by atoms with E-state index in [0.717, 1.165) is 12.5 Å². The van der Waals surface area contributed by atoms with Crippen LogP contribution in [0.5, 0.6) is 0 Å². The molecule has 1 aromatic carbocycles. The van der Waals surface area contributed by atoms with Gasteiger partial charge in [-0.25, -0.2) is 0 Å². The van der Waals surface area contributed by atoms with Gasteiger partial charge in [0.2, 0.25) is 0 Å². The maximum absolute atomic E-state index is 5.77. The number of benzene rings is 1. The van der Waals surface area contributed by atoms with Crippen molar-refractivity contribution in [3.8, 4) is 0 Å². The third-order valence-corrected chi connectivity index (χ3v) is 3.57. The van der Waals surface area contributed by atoms with Crippen LogP contribution in [0.25, 0.3) is 0 Å². The van der Waals surface area contributed by atoms with Crippen LogP contribution < -0.4 is 11.1 Å². The second-order valence-electron chi connectivity index (χ2n) is 4.44. The highest BCUT2D eigenvalue weighted by Crippen LogP contribution is 2.30. The number of rotatable bonds is 3. The Kier molecular flexibility index (Phi) is 3.39. The Morgan fingerprint density at radius 2 is 2.27 bits per heavy atom. The van der Waals surface area contributed by atoms with E-state index in [2.05, 4.69) is 36.5 Å². The van der Waals surface area contributed by atoms with Crippen molar-refractivity contribution in [2.24, 2.45) is 11.7 Å². The maximum Gasteiger partial charge on any atom is 0.0180 e. The van der Waals surface area contributed by atoms with E-state index in [0.29, 0.717) is 12.5 Å². The Hall–Kier alpha value is -0.860. The predicted molar refractivity (Wildman–Crippen MR) is 63.7 cm³/mol. The molecule has 1 aliphatic rings. The minimum Gasteiger partial charge on any atom is -0.326 e. The number of hydrogen-bond donors (Lipinski definition) is 2. The normalized spacial score (nSPS) is 22.9. The van der Waals surface area contributed by atoms with Crippen molar-refractivity contribution >= 4 is 0 Å². The molecule has 2 heteroatoms. The second kappa shape index (κ2) is 4.77. The van der Waals surface area contributed by atoms with Crippen molar-refractivity contribution < 1.29 is 0 Å². The molecule has 2 nitrogen and oxygen atoms in total. The van der Waals surface area contributed by atoms with Crippen molar-refractivity contribution in [3.63, 3.8) is 0 Å². The lowest BCUT2D eigenvalue weighted by molar-refractivity contribution is 0.485. The van der Waals surface area contributed by atoms with E-state index in [-0.39, 0.29) is 0 Å². The second-order valence-corrected chi connectivity index (χ2v) is 4.44. The van der Waals surface area contributed by atoms with E-state index in [1.807, 2.05) is 0 Å². The van der Waals surface area contributed by atoms with Crippen LogP contribution in [0.3, 0.4) is 0 Å². The van der Waals surface area contributed by atoms with Crippen molar-refractivity contribution in [3.05, 3.63) is 35.4 Å². The molecule has 15 heavy (non-hydrogen) atoms. The van der Waals surface area contributed by atoms with Crippen molar-refractivity contribution in [1.29, 1.82) is 0 Å². The first-order valence-corrected chi connectivity index (χ1v) is 5.81. The molecule has 1 aromatic rings. The Bertz CT molecular complexity index is 316. The molecule has 0 amide bonds. The van der Waals surface area contributed by atoms with Gasteiger partial charge in [0.15, 0.2) is 0 Å². The molecule has 1 saturated heterocycles. The van der Waals surface area contributed by atoms with Crippen LogP contribution in [0.4, 0.5) is 0 Å². The highest BCUT2D eigenvalue weighted by molar-refractivity contribution is 5.30. The first-order chi connectivity index (χ1) is 7.33. The molecule has 0 aromatic heterocycles. The Morgan fingerprint density at radius 3 is 2.93 bits per heavy atom. The fraction of sp³-hybridized carbons (Fsp3) is 0.538. The summed E-state index contributed by atoms with van der Waals surface area (Å²) in [6.07, 6.45) is 1.29. The summed E-state index contributed by atoms with van der Waals surface area (Å²) in [7, 11) is 0. The molecule has 2 rings (SSSR count). The Morgan fingerprint density at radius 1 is 1.47 bits per heavy atom. The van der Waals surface area contributed by atoms with E-state index >= 15 is 0 Å². The molecule has 0 spiro atoms. The highest BCUT2D eigenvalue weighted by atomic mass is 14.9. The molecular weight excluding hydrogens is 184 g/mol. The first kappa shape index (κ1) is 10.7. The monoisotopic (exact) mass is 204 g/mol. The van der Waals surface area contributed by atoms with Crippen molar-refractivity contribution in [1.82, 2.24) is 5.32 Å². The van der Waals surface area contributed by atoms with Gasteiger partial charge in [-0.3, -0.25) is 0 Å². The maximum atomic E-state index is 5.77. The van der Waals surface area contributed by atoms with E-state index in [4.69, 9.17) is 5.73 Å². The van der Waals surface area contributed by atoms with Gasteiger partial charge in [-0.2, -0.15) is 0 Å². The SMILES string of the molecule is CC(c1ccccc1CN)C1CCNC1. The van der Waals surface area contributed by atoms with Gasteiger partial charge < -0.3 is 11.1 Å². The predicted octanol–water partition coefficient (Wildman–Crippen LogP) is 1.86. The van der Waals surface area contributed by atoms with Gasteiger partial charge in [0.05, 0.1) is 0 Å². The quantitative estimate of drug-likeness (QED) is 0.788. The van der Waals surface area contributed by atoms with E-state index in [9.17, 15) is 0 Å². The summed E-state index contributed by atoms with van der Waals surface area (Å²) < 4.78 is 0. The van der Waals surface area contributed by atoms with E-state index in [1.54, 1.807) is 0 Å². The lowest BCUT2D eigenvalue weighted by Crippen LogP contribution is -2.16. The summed E-state index contributed by atoms with van der Waals surface area (Å²) >= 11 is 0. The van der Waals surface area contributed by atoms with Crippen LogP contribution in [-0.4, -0.2) is 13.1 Å². The Labute approximate surface area is 91.9 Å². The van der Waals surface area contributed by atoms with E-state index < -0.39 is 0 Å². The molecule has 1 fully saturated rings. The topological polar surface area (TPSA) is 38.0 Å². The molecule has 0 bridgehead atoms. The van der Waals surface area contributed by atoms with Gasteiger partial charge in [-0.15, -0.1) is 0 Å². The smallest absolute Gasteiger partial charge is 0.0180 e. The van der Waals surface area contributed by atoms with Gasteiger partial charge >= 0.3 is 0 Å². The summed E-state index contributed by atoms with van der Waals surface area (Å²) in [5, 5.41) is 3.43. The van der Waals surface area contributed by atoms with Crippen LogP contribution >= 0.6 is 0 Å². The van der Waals surface area contributed by atoms with Crippen molar-refractivity contribution in [2.75, 3.05) is 13.1 Å². The number of nitrogens with one attached hydrogen (secondary N) is 1. The zero-order valence-corrected chi connectivity index (χ0v) is 9.37. The van der Waals surface area contributed by atoms with Crippen LogP contribution in [0.1, 0.15) is 30.4 Å². The van der Waals surface area contributed by atoms with E-state index in [1.165, 1.54) is 24.1 Å². The average molecular weight is 204 g/mol. The van der Waals surface area contributed by atoms with Crippen LogP contribution in [0.2, 0.25) is 0 Å². The lowest BCUT2D eigenvalue weighted by atomic mass is 9.84. The molecule has 82 valence electrons. The summed E-state index contributed by atoms with van der Waals surface area (Å²) in [5.74, 6) is 1.40. The summed E-state index contributed by atoms with van der Waals surface area (Å²) in [4.78, 5) is 0. The van der Waals surface area contributed by atoms with Crippen LogP contribution in [0.15, 0.2) is 24.3 Å². The molecule has 0 aliphatic carbocycles. The van der Waals surface area contributed by atoms with Gasteiger partial charge in [0.1, 0.15) is 0 Å². The third-order valence-electron chi connectivity index (χ3n) is 3.57. The number of hydrogen-bond acceptors (Lipinski definition) is 2. The fourth-order valence-electron chi connectivity index (χ4n) is 2.52. The fourth-order valence-corrected chi connectivity index (χ4v) is 2.52. The molecule has 2 unspecified atom stereocenters. The van der Waals surface area contributed by atoms with Crippen molar-refractivity contribution in [2.45, 2.75) is 25.8 Å². The minimum atomic E-state index is 0.625. The van der Waals surface area contributed by atoms with Crippen LogP contribution in [-0.2, 0) is 6.54 Å². The number of nitrogens with two attached hydrogens (primary N) is 1. The zero-order valence-electron chi connectivity index (χ0n) is 9.37. The molecular formula is C13H20N2. The molecule has 3 N–H and O–H groups in total. The summed E-state index contributed by atoms with van der Waals surface area (Å²) in [6, 6.07) is 8.57. The summed E-state index contributed by atoms with van der Waals surface area (Å²) in [5.41, 5.74) is 8.51. The standard InChI is InChI=1S/C13H20N2/c1-10(12-6-7-15-9-12)13-5-3-2-4-11(13)8-14/h2-5,10,12,15H,6-9,14H2,1H3. The average Bonchev–Trinajstić information content (AvgIpc) is 2.81. The van der Waals surface area contributed by atoms with Gasteiger partial charge in [-0.05, 0) is 42.5 Å². The minimum absolute atomic E-state index is 0.625. The molecule has 1 aliphatic heterocycles. The Balaban J connectivity index is 2.19. The summed E-state index contributed by atoms with van der Waals surface area (Å²) in [6.45, 7) is 5.30. The molecule has 0 saturated carbocycles. The molecule has 2 atom stereocenters. The zero-order chi connectivity index (χ0) is 10.7. The first-order valence-electron chi connectivity index (χ1n) is 5.81. The lowest BCUT2D eigenvalue weighted by Gasteiger charge is -2.21. The molecule has 0 radical (unpaired) electrons. The van der Waals surface area contributed by atoms with Gasteiger partial charge in [0.25, 0.3) is 0 Å². The van der Waals surface area contributed by atoms with Gasteiger partial charge in [-0.1, -0.05) is 31.2 Å². The highest BCUT2D eigenvalue weighted by Gasteiger charge is 2.23. The molecule has 1 heterocycles. The van der Waals surface area contributed by atoms with Gasteiger partial charge in [0, 0.05) is 6.54 Å².